The molecule has 0 aromatic carbocycles. The van der Waals surface area contributed by atoms with Gasteiger partial charge in [-0.05, 0) is 19.8 Å². The Hall–Kier alpha value is -1.56. The highest BCUT2D eigenvalue weighted by molar-refractivity contribution is 5.51. The average molecular weight is 263 g/mol. The Morgan fingerprint density at radius 1 is 1.37 bits per heavy atom. The minimum Gasteiger partial charge on any atom is -0.394 e. The molecule has 19 heavy (non-hydrogen) atoms. The summed E-state index contributed by atoms with van der Waals surface area (Å²) in [6.45, 7) is 8.43. The first-order valence-corrected chi connectivity index (χ1v) is 6.92. The Bertz CT molecular complexity index is 489. The van der Waals surface area contributed by atoms with Gasteiger partial charge in [0.15, 0.2) is 12.1 Å². The number of aromatic nitrogens is 2. The number of aryl methyl sites for hydroxylation is 1. The fourth-order valence-corrected chi connectivity index (χ4v) is 2.80. The molecule has 1 aromatic heterocycles. The van der Waals surface area contributed by atoms with Crippen molar-refractivity contribution in [3.8, 4) is 0 Å². The lowest BCUT2D eigenvalue weighted by atomic mass is 9.93. The molecule has 0 radical (unpaired) electrons. The van der Waals surface area contributed by atoms with Crippen LogP contribution < -0.4 is 10.4 Å². The molecule has 1 atom stereocenters. The van der Waals surface area contributed by atoms with Crippen LogP contribution in [0.4, 0.5) is 5.95 Å². The summed E-state index contributed by atoms with van der Waals surface area (Å²) < 4.78 is 0. The van der Waals surface area contributed by atoms with Crippen molar-refractivity contribution in [2.75, 3.05) is 18.0 Å². The predicted molar refractivity (Wildman–Crippen MR) is 74.0 cm³/mol. The van der Waals surface area contributed by atoms with Gasteiger partial charge in [0.2, 0.25) is 5.95 Å². The van der Waals surface area contributed by atoms with Gasteiger partial charge in [0, 0.05) is 24.7 Å². The molecule has 1 saturated heterocycles. The van der Waals surface area contributed by atoms with Crippen molar-refractivity contribution in [1.29, 1.82) is 0 Å². The van der Waals surface area contributed by atoms with E-state index in [0.717, 1.165) is 30.4 Å². The number of aliphatic imine (C=N–C) groups is 1. The van der Waals surface area contributed by atoms with Gasteiger partial charge < -0.3 is 14.7 Å². The molecule has 2 N–H and O–H groups in total. The molecule has 1 fully saturated rings. The van der Waals surface area contributed by atoms with Crippen LogP contribution in [0.5, 0.6) is 0 Å². The third kappa shape index (κ3) is 1.90. The standard InChI is InChI=1S/C13H21N5O/c1-9(2)13(14-8-19-17-13)11-10(3)15-12(16-11)18-6-4-5-7-18/h8-9,17H,4-7H2,1-3H3,(H,15,16). The number of nitrogens with one attached hydrogen (secondary N) is 2. The van der Waals surface area contributed by atoms with Gasteiger partial charge in [-0.2, -0.15) is 0 Å². The summed E-state index contributed by atoms with van der Waals surface area (Å²) in [5.74, 6) is 1.20. The van der Waals surface area contributed by atoms with E-state index in [4.69, 9.17) is 9.82 Å². The Morgan fingerprint density at radius 2 is 2.11 bits per heavy atom. The lowest BCUT2D eigenvalue weighted by molar-refractivity contribution is 0.0858. The van der Waals surface area contributed by atoms with Gasteiger partial charge in [-0.3, -0.25) is 0 Å². The zero-order valence-corrected chi connectivity index (χ0v) is 11.7. The SMILES string of the molecule is Cc1[nH]c(N2CCCC2)nc1C1(C(C)C)N=CON1. The lowest BCUT2D eigenvalue weighted by Crippen LogP contribution is -2.42. The number of hydrogen-bond acceptors (Lipinski definition) is 5. The highest BCUT2D eigenvalue weighted by Gasteiger charge is 2.42. The summed E-state index contributed by atoms with van der Waals surface area (Å²) in [6.07, 6.45) is 3.94. The van der Waals surface area contributed by atoms with Gasteiger partial charge in [0.1, 0.15) is 5.69 Å². The maximum Gasteiger partial charge on any atom is 0.203 e. The van der Waals surface area contributed by atoms with Crippen LogP contribution in [0.3, 0.4) is 0 Å². The summed E-state index contributed by atoms with van der Waals surface area (Å²) in [5.41, 5.74) is 4.41. The molecule has 0 aliphatic carbocycles. The fourth-order valence-electron chi connectivity index (χ4n) is 2.80. The van der Waals surface area contributed by atoms with Crippen LogP contribution in [0, 0.1) is 12.8 Å². The summed E-state index contributed by atoms with van der Waals surface area (Å²) in [5, 5.41) is 0. The van der Waals surface area contributed by atoms with E-state index < -0.39 is 5.66 Å². The number of rotatable bonds is 3. The Balaban J connectivity index is 1.97. The van der Waals surface area contributed by atoms with Crippen LogP contribution in [-0.2, 0) is 10.5 Å². The second kappa shape index (κ2) is 4.52. The predicted octanol–water partition coefficient (Wildman–Crippen LogP) is 1.69. The van der Waals surface area contributed by atoms with Gasteiger partial charge in [0.05, 0.1) is 0 Å². The van der Waals surface area contributed by atoms with Crippen LogP contribution in [0.25, 0.3) is 0 Å². The molecular weight excluding hydrogens is 242 g/mol. The molecule has 2 aliphatic heterocycles. The van der Waals surface area contributed by atoms with Crippen molar-refractivity contribution in [3.63, 3.8) is 0 Å². The van der Waals surface area contributed by atoms with Gasteiger partial charge in [0.25, 0.3) is 0 Å². The smallest absolute Gasteiger partial charge is 0.203 e. The molecule has 0 bridgehead atoms. The third-order valence-electron chi connectivity index (χ3n) is 4.00. The monoisotopic (exact) mass is 263 g/mol. The zero-order valence-electron chi connectivity index (χ0n) is 11.7. The maximum absolute atomic E-state index is 5.16. The highest BCUT2D eigenvalue weighted by Crippen LogP contribution is 2.35. The van der Waals surface area contributed by atoms with E-state index in [2.05, 4.69) is 34.2 Å². The van der Waals surface area contributed by atoms with E-state index in [1.165, 1.54) is 19.2 Å². The number of H-pyrrole nitrogens is 1. The Morgan fingerprint density at radius 3 is 2.68 bits per heavy atom. The molecule has 3 rings (SSSR count). The fraction of sp³-hybridized carbons (Fsp3) is 0.692. The summed E-state index contributed by atoms with van der Waals surface area (Å²) in [4.78, 5) is 20.1. The van der Waals surface area contributed by atoms with E-state index in [0.29, 0.717) is 0 Å². The Labute approximate surface area is 113 Å². The van der Waals surface area contributed by atoms with Crippen molar-refractivity contribution in [2.45, 2.75) is 39.3 Å². The van der Waals surface area contributed by atoms with Gasteiger partial charge in [-0.15, -0.1) is 5.48 Å². The summed E-state index contributed by atoms with van der Waals surface area (Å²) in [6, 6.07) is 0. The van der Waals surface area contributed by atoms with Gasteiger partial charge in [-0.25, -0.2) is 9.98 Å². The molecule has 1 aromatic rings. The molecule has 0 amide bonds. The maximum atomic E-state index is 5.16. The topological polar surface area (TPSA) is 65.5 Å². The first-order valence-electron chi connectivity index (χ1n) is 6.92. The van der Waals surface area contributed by atoms with E-state index in [9.17, 15) is 0 Å². The van der Waals surface area contributed by atoms with Crippen molar-refractivity contribution in [3.05, 3.63) is 11.4 Å². The number of imidazole rings is 1. The van der Waals surface area contributed by atoms with E-state index in [-0.39, 0.29) is 5.92 Å². The van der Waals surface area contributed by atoms with Crippen LogP contribution in [0.2, 0.25) is 0 Å². The molecular formula is C13H21N5O. The van der Waals surface area contributed by atoms with Crippen molar-refractivity contribution >= 4 is 12.3 Å². The second-order valence-electron chi connectivity index (χ2n) is 5.60. The molecule has 2 aliphatic rings. The molecule has 6 nitrogen and oxygen atoms in total. The highest BCUT2D eigenvalue weighted by atomic mass is 16.7. The number of anilines is 1. The molecule has 104 valence electrons. The van der Waals surface area contributed by atoms with Crippen LogP contribution >= 0.6 is 0 Å². The van der Waals surface area contributed by atoms with Crippen LogP contribution in [0.15, 0.2) is 4.99 Å². The molecule has 0 saturated carbocycles. The van der Waals surface area contributed by atoms with Gasteiger partial charge >= 0.3 is 0 Å². The number of nitrogens with zero attached hydrogens (tertiary/aromatic N) is 3. The van der Waals surface area contributed by atoms with Crippen LogP contribution in [-0.4, -0.2) is 29.5 Å². The first-order chi connectivity index (χ1) is 9.13. The van der Waals surface area contributed by atoms with E-state index in [1.807, 2.05) is 6.92 Å². The number of hydroxylamine groups is 1. The molecule has 3 heterocycles. The first kappa shape index (κ1) is 12.5. The molecule has 6 heteroatoms. The number of hydrogen-bond donors (Lipinski definition) is 2. The largest absolute Gasteiger partial charge is 0.394 e. The normalized spacial score (nSPS) is 26.4. The van der Waals surface area contributed by atoms with Crippen molar-refractivity contribution in [1.82, 2.24) is 15.4 Å². The molecule has 1 unspecified atom stereocenters. The summed E-state index contributed by atoms with van der Waals surface area (Å²) in [7, 11) is 0. The minimum atomic E-state index is -0.571. The van der Waals surface area contributed by atoms with Crippen molar-refractivity contribution in [2.24, 2.45) is 10.9 Å². The average Bonchev–Trinajstić information content (AvgIpc) is 3.08. The summed E-state index contributed by atoms with van der Waals surface area (Å²) >= 11 is 0. The van der Waals surface area contributed by atoms with E-state index in [1.54, 1.807) is 0 Å². The minimum absolute atomic E-state index is 0.250. The Kier molecular flexibility index (Phi) is 2.97. The number of aromatic amines is 1. The van der Waals surface area contributed by atoms with E-state index >= 15 is 0 Å². The third-order valence-corrected chi connectivity index (χ3v) is 4.00. The van der Waals surface area contributed by atoms with Crippen molar-refractivity contribution < 1.29 is 4.84 Å². The zero-order chi connectivity index (χ0) is 13.5. The second-order valence-corrected chi connectivity index (χ2v) is 5.60. The molecule has 0 spiro atoms. The van der Waals surface area contributed by atoms with Crippen LogP contribution in [0.1, 0.15) is 38.1 Å². The lowest BCUT2D eigenvalue weighted by Gasteiger charge is -2.27. The van der Waals surface area contributed by atoms with Gasteiger partial charge in [-0.1, -0.05) is 13.8 Å². The quantitative estimate of drug-likeness (QED) is 0.871.